The number of ketones is 1. The molecule has 0 N–H and O–H groups in total. The second-order valence-electron chi connectivity index (χ2n) is 6.11. The van der Waals surface area contributed by atoms with Gasteiger partial charge in [-0.05, 0) is 31.7 Å². The van der Waals surface area contributed by atoms with Crippen LogP contribution in [-0.2, 0) is 4.79 Å². The zero-order chi connectivity index (χ0) is 16.6. The zero-order valence-corrected chi connectivity index (χ0v) is 13.7. The van der Waals surface area contributed by atoms with Crippen LogP contribution < -0.4 is 9.47 Å². The van der Waals surface area contributed by atoms with Gasteiger partial charge in [0.05, 0.1) is 12.0 Å². The molecule has 1 aromatic carbocycles. The van der Waals surface area contributed by atoms with E-state index in [-0.39, 0.29) is 24.4 Å². The fourth-order valence-corrected chi connectivity index (χ4v) is 2.93. The summed E-state index contributed by atoms with van der Waals surface area (Å²) in [5, 5.41) is 0. The highest BCUT2D eigenvalue weighted by atomic mass is 16.7. The number of likely N-dealkylation sites (N-methyl/N-ethyl adjacent to an activating group) is 1. The molecule has 6 heteroatoms. The van der Waals surface area contributed by atoms with Gasteiger partial charge in [-0.15, -0.1) is 0 Å². The number of ether oxygens (including phenoxy) is 2. The van der Waals surface area contributed by atoms with Crippen LogP contribution in [0.5, 0.6) is 11.5 Å². The number of hydrogen-bond donors (Lipinski definition) is 0. The van der Waals surface area contributed by atoms with Gasteiger partial charge in [0.2, 0.25) is 12.7 Å². The third-order valence-electron chi connectivity index (χ3n) is 4.72. The molecular weight excluding hydrogens is 296 g/mol. The molecule has 1 atom stereocenters. The molecule has 1 amide bonds. The van der Waals surface area contributed by atoms with Gasteiger partial charge in [0.1, 0.15) is 0 Å². The van der Waals surface area contributed by atoms with E-state index in [1.54, 1.807) is 37.1 Å². The van der Waals surface area contributed by atoms with E-state index < -0.39 is 6.04 Å². The van der Waals surface area contributed by atoms with Gasteiger partial charge in [-0.25, -0.2) is 0 Å². The molecule has 23 heavy (non-hydrogen) atoms. The van der Waals surface area contributed by atoms with E-state index in [0.717, 1.165) is 19.6 Å². The number of amides is 1. The Hall–Kier alpha value is -2.08. The van der Waals surface area contributed by atoms with Crippen molar-refractivity contribution in [3.05, 3.63) is 23.8 Å². The summed E-state index contributed by atoms with van der Waals surface area (Å²) in [4.78, 5) is 28.9. The SMILES string of the molecule is CCN1CC(C(=O)N(C)[C@H](C)C(=O)c2ccc3c(c2)OCO3)C1. The summed E-state index contributed by atoms with van der Waals surface area (Å²) in [6.45, 7) is 6.54. The Morgan fingerprint density at radius 2 is 2.00 bits per heavy atom. The molecule has 0 aromatic heterocycles. The van der Waals surface area contributed by atoms with Crippen molar-refractivity contribution in [1.82, 2.24) is 9.80 Å². The van der Waals surface area contributed by atoms with Crippen LogP contribution in [0, 0.1) is 5.92 Å². The molecule has 0 unspecified atom stereocenters. The van der Waals surface area contributed by atoms with Gasteiger partial charge in [-0.3, -0.25) is 9.59 Å². The number of carbonyl (C=O) groups is 2. The topological polar surface area (TPSA) is 59.1 Å². The predicted molar refractivity (Wildman–Crippen MR) is 84.7 cm³/mol. The van der Waals surface area contributed by atoms with Gasteiger partial charge in [0.25, 0.3) is 0 Å². The van der Waals surface area contributed by atoms with Crippen LogP contribution in [0.1, 0.15) is 24.2 Å². The summed E-state index contributed by atoms with van der Waals surface area (Å²) in [5.41, 5.74) is 0.533. The van der Waals surface area contributed by atoms with Crippen molar-refractivity contribution in [2.45, 2.75) is 19.9 Å². The standard InChI is InChI=1S/C17H22N2O4/c1-4-19-8-13(9-19)17(21)18(3)11(2)16(20)12-5-6-14-15(7-12)23-10-22-14/h5-7,11,13H,4,8-10H2,1-3H3/t11-/m1/s1. The first-order valence-corrected chi connectivity index (χ1v) is 7.94. The van der Waals surface area contributed by atoms with Gasteiger partial charge in [-0.2, -0.15) is 0 Å². The van der Waals surface area contributed by atoms with Gasteiger partial charge in [-0.1, -0.05) is 6.92 Å². The number of Topliss-reactive ketones (excluding diaryl/α,β-unsaturated/α-hetero) is 1. The largest absolute Gasteiger partial charge is 0.454 e. The number of rotatable bonds is 5. The van der Waals surface area contributed by atoms with Crippen molar-refractivity contribution in [3.8, 4) is 11.5 Å². The molecule has 0 spiro atoms. The molecule has 1 saturated heterocycles. The van der Waals surface area contributed by atoms with Crippen LogP contribution in [0.15, 0.2) is 18.2 Å². The maximum absolute atomic E-state index is 12.6. The number of carbonyl (C=O) groups excluding carboxylic acids is 2. The highest BCUT2D eigenvalue weighted by molar-refractivity contribution is 6.02. The molecule has 0 bridgehead atoms. The van der Waals surface area contributed by atoms with Crippen LogP contribution in [-0.4, -0.2) is 61.0 Å². The molecule has 2 aliphatic rings. The normalized spacial score (nSPS) is 18.4. The first-order valence-electron chi connectivity index (χ1n) is 7.94. The van der Waals surface area contributed by atoms with Crippen molar-refractivity contribution < 1.29 is 19.1 Å². The molecule has 3 rings (SSSR count). The third-order valence-corrected chi connectivity index (χ3v) is 4.72. The molecule has 2 heterocycles. The molecule has 0 radical (unpaired) electrons. The second kappa shape index (κ2) is 6.20. The predicted octanol–water partition coefficient (Wildman–Crippen LogP) is 1.40. The number of nitrogens with zero attached hydrogens (tertiary/aromatic N) is 2. The molecule has 0 aliphatic carbocycles. The number of fused-ring (bicyclic) bond motifs is 1. The summed E-state index contributed by atoms with van der Waals surface area (Å²) in [5.74, 6) is 1.18. The minimum absolute atomic E-state index is 0.00644. The maximum Gasteiger partial charge on any atom is 0.231 e. The van der Waals surface area contributed by atoms with E-state index in [4.69, 9.17) is 9.47 Å². The Morgan fingerprint density at radius 3 is 2.70 bits per heavy atom. The lowest BCUT2D eigenvalue weighted by Gasteiger charge is -2.40. The van der Waals surface area contributed by atoms with Crippen LogP contribution >= 0.6 is 0 Å². The Balaban J connectivity index is 1.66. The lowest BCUT2D eigenvalue weighted by atomic mass is 9.96. The molecule has 1 fully saturated rings. The first kappa shape index (κ1) is 15.8. The van der Waals surface area contributed by atoms with E-state index in [1.807, 2.05) is 0 Å². The Kier molecular flexibility index (Phi) is 4.26. The summed E-state index contributed by atoms with van der Waals surface area (Å²) in [6, 6.07) is 4.63. The molecule has 1 aromatic rings. The van der Waals surface area contributed by atoms with Gasteiger partial charge in [0, 0.05) is 25.7 Å². The molecular formula is C17H22N2O4. The Bertz CT molecular complexity index is 625. The summed E-state index contributed by atoms with van der Waals surface area (Å²) in [7, 11) is 1.70. The zero-order valence-electron chi connectivity index (χ0n) is 13.7. The van der Waals surface area contributed by atoms with E-state index >= 15 is 0 Å². The average Bonchev–Trinajstić information content (AvgIpc) is 2.99. The Morgan fingerprint density at radius 1 is 1.30 bits per heavy atom. The number of benzene rings is 1. The minimum Gasteiger partial charge on any atom is -0.454 e. The highest BCUT2D eigenvalue weighted by Crippen LogP contribution is 2.33. The fourth-order valence-electron chi connectivity index (χ4n) is 2.93. The van der Waals surface area contributed by atoms with E-state index in [1.165, 1.54) is 0 Å². The van der Waals surface area contributed by atoms with E-state index in [0.29, 0.717) is 17.1 Å². The van der Waals surface area contributed by atoms with Gasteiger partial charge >= 0.3 is 0 Å². The number of hydrogen-bond acceptors (Lipinski definition) is 5. The lowest BCUT2D eigenvalue weighted by Crippen LogP contribution is -2.55. The van der Waals surface area contributed by atoms with Gasteiger partial charge < -0.3 is 19.3 Å². The number of likely N-dealkylation sites (tertiary alicyclic amines) is 1. The quantitative estimate of drug-likeness (QED) is 0.768. The summed E-state index contributed by atoms with van der Waals surface area (Å²) in [6.07, 6.45) is 0. The summed E-state index contributed by atoms with van der Waals surface area (Å²) < 4.78 is 10.6. The molecule has 2 aliphatic heterocycles. The highest BCUT2D eigenvalue weighted by Gasteiger charge is 2.36. The molecule has 6 nitrogen and oxygen atoms in total. The summed E-state index contributed by atoms with van der Waals surface area (Å²) >= 11 is 0. The van der Waals surface area contributed by atoms with Crippen molar-refractivity contribution in [1.29, 1.82) is 0 Å². The van der Waals surface area contributed by atoms with Crippen LogP contribution in [0.2, 0.25) is 0 Å². The first-order chi connectivity index (χ1) is 11.0. The maximum atomic E-state index is 12.6. The second-order valence-corrected chi connectivity index (χ2v) is 6.11. The average molecular weight is 318 g/mol. The lowest BCUT2D eigenvalue weighted by molar-refractivity contribution is -0.140. The fraction of sp³-hybridized carbons (Fsp3) is 0.529. The van der Waals surface area contributed by atoms with Crippen molar-refractivity contribution >= 4 is 11.7 Å². The van der Waals surface area contributed by atoms with Crippen LogP contribution in [0.3, 0.4) is 0 Å². The smallest absolute Gasteiger partial charge is 0.231 e. The van der Waals surface area contributed by atoms with Crippen molar-refractivity contribution in [2.24, 2.45) is 5.92 Å². The van der Waals surface area contributed by atoms with Gasteiger partial charge in [0.15, 0.2) is 17.3 Å². The van der Waals surface area contributed by atoms with E-state index in [9.17, 15) is 9.59 Å². The van der Waals surface area contributed by atoms with Crippen molar-refractivity contribution in [2.75, 3.05) is 33.5 Å². The van der Waals surface area contributed by atoms with Crippen LogP contribution in [0.4, 0.5) is 0 Å². The van der Waals surface area contributed by atoms with Crippen molar-refractivity contribution in [3.63, 3.8) is 0 Å². The molecule has 0 saturated carbocycles. The molecule has 124 valence electrons. The monoisotopic (exact) mass is 318 g/mol. The Labute approximate surface area is 136 Å². The van der Waals surface area contributed by atoms with E-state index in [2.05, 4.69) is 11.8 Å². The van der Waals surface area contributed by atoms with Crippen LogP contribution in [0.25, 0.3) is 0 Å². The minimum atomic E-state index is -0.501. The third kappa shape index (κ3) is 2.91.